The molecule has 0 aromatic carbocycles. The zero-order chi connectivity index (χ0) is 21.3. The van der Waals surface area contributed by atoms with Gasteiger partial charge in [-0.05, 0) is 45.7 Å². The van der Waals surface area contributed by atoms with Crippen molar-refractivity contribution in [3.8, 4) is 17.5 Å². The molecule has 1 amide bonds. The van der Waals surface area contributed by atoms with E-state index in [9.17, 15) is 4.79 Å². The smallest absolute Gasteiger partial charge is 0.415 e. The first-order valence-corrected chi connectivity index (χ1v) is 10.2. The van der Waals surface area contributed by atoms with Crippen molar-refractivity contribution in [2.24, 2.45) is 0 Å². The van der Waals surface area contributed by atoms with Crippen LogP contribution in [0, 0.1) is 13.8 Å². The van der Waals surface area contributed by atoms with Gasteiger partial charge in [0.15, 0.2) is 5.75 Å². The fraction of sp³-hybridized carbons (Fsp3) is 0.455. The molecule has 4 heterocycles. The lowest BCUT2D eigenvalue weighted by molar-refractivity contribution is 0.0418. The molecule has 2 aromatic heterocycles. The van der Waals surface area contributed by atoms with Crippen LogP contribution < -0.4 is 9.47 Å². The first kappa shape index (κ1) is 20.1. The van der Waals surface area contributed by atoms with Gasteiger partial charge in [0, 0.05) is 31.1 Å². The SMILES string of the molecule is C=C(C)OC(=O)N1C2CCC1CC(Oc1ncnc(Oc3cccnc3C)c1C)C2. The molecule has 2 aromatic rings. The maximum absolute atomic E-state index is 12.4. The lowest BCUT2D eigenvalue weighted by Crippen LogP contribution is -2.49. The molecule has 0 saturated carbocycles. The van der Waals surface area contributed by atoms with Crippen molar-refractivity contribution < 1.29 is 19.0 Å². The number of pyridine rings is 1. The number of fused-ring (bicyclic) bond motifs is 2. The molecule has 8 nitrogen and oxygen atoms in total. The molecule has 2 fully saturated rings. The average molecular weight is 410 g/mol. The van der Waals surface area contributed by atoms with Crippen LogP contribution in [0.1, 0.15) is 43.9 Å². The number of aryl methyl sites for hydroxylation is 1. The van der Waals surface area contributed by atoms with E-state index in [4.69, 9.17) is 14.2 Å². The van der Waals surface area contributed by atoms with Crippen LogP contribution in [0.2, 0.25) is 0 Å². The molecule has 8 heteroatoms. The maximum atomic E-state index is 12.4. The number of hydrogen-bond acceptors (Lipinski definition) is 7. The standard InChI is InChI=1S/C22H26N4O4/c1-13(2)28-22(27)26-16-7-8-17(26)11-18(10-16)29-20-14(3)21(25-12-24-20)30-19-6-5-9-23-15(19)4/h5-6,9,12,16-18H,1,7-8,10-11H2,2-4H3. The van der Waals surface area contributed by atoms with E-state index < -0.39 is 0 Å². The Labute approximate surface area is 175 Å². The van der Waals surface area contributed by atoms with Crippen molar-refractivity contribution in [2.75, 3.05) is 0 Å². The molecule has 0 radical (unpaired) electrons. The normalized spacial score (nSPS) is 22.5. The summed E-state index contributed by atoms with van der Waals surface area (Å²) in [6.07, 6.45) is 6.20. The van der Waals surface area contributed by atoms with Crippen molar-refractivity contribution in [1.29, 1.82) is 0 Å². The lowest BCUT2D eigenvalue weighted by atomic mass is 10.0. The van der Waals surface area contributed by atoms with Crippen molar-refractivity contribution in [3.05, 3.63) is 48.3 Å². The number of carbonyl (C=O) groups is 1. The minimum absolute atomic E-state index is 0.0297. The topological polar surface area (TPSA) is 86.7 Å². The van der Waals surface area contributed by atoms with Crippen molar-refractivity contribution >= 4 is 6.09 Å². The minimum Gasteiger partial charge on any atom is -0.474 e. The molecule has 2 aliphatic heterocycles. The molecule has 2 bridgehead atoms. The maximum Gasteiger partial charge on any atom is 0.415 e. The Kier molecular flexibility index (Phi) is 5.57. The number of amides is 1. The Morgan fingerprint density at radius 3 is 2.50 bits per heavy atom. The lowest BCUT2D eigenvalue weighted by Gasteiger charge is -2.37. The Bertz CT molecular complexity index is 950. The van der Waals surface area contributed by atoms with Crippen LogP contribution in [-0.2, 0) is 4.74 Å². The highest BCUT2D eigenvalue weighted by atomic mass is 16.6. The van der Waals surface area contributed by atoms with Gasteiger partial charge >= 0.3 is 6.09 Å². The van der Waals surface area contributed by atoms with Gasteiger partial charge in [-0.15, -0.1) is 0 Å². The average Bonchev–Trinajstić information content (AvgIpc) is 2.97. The van der Waals surface area contributed by atoms with Crippen LogP contribution in [0.4, 0.5) is 4.79 Å². The summed E-state index contributed by atoms with van der Waals surface area (Å²) in [6.45, 7) is 9.10. The van der Waals surface area contributed by atoms with E-state index >= 15 is 0 Å². The zero-order valence-electron chi connectivity index (χ0n) is 17.5. The second kappa shape index (κ2) is 8.30. The van der Waals surface area contributed by atoms with E-state index in [0.717, 1.165) is 36.9 Å². The number of piperidine rings is 1. The molecule has 2 unspecified atom stereocenters. The number of aromatic nitrogens is 3. The van der Waals surface area contributed by atoms with E-state index in [2.05, 4.69) is 21.5 Å². The van der Waals surface area contributed by atoms with E-state index in [1.54, 1.807) is 13.1 Å². The molecule has 0 aliphatic carbocycles. The van der Waals surface area contributed by atoms with Gasteiger partial charge in [0.2, 0.25) is 11.8 Å². The molecule has 2 aliphatic rings. The Hall–Kier alpha value is -3.16. The van der Waals surface area contributed by atoms with Gasteiger partial charge < -0.3 is 19.1 Å². The number of hydrogen-bond donors (Lipinski definition) is 0. The molecule has 4 rings (SSSR count). The summed E-state index contributed by atoms with van der Waals surface area (Å²) in [5.74, 6) is 2.00. The monoisotopic (exact) mass is 410 g/mol. The summed E-state index contributed by atoms with van der Waals surface area (Å²) in [5, 5.41) is 0. The first-order chi connectivity index (χ1) is 14.4. The van der Waals surface area contributed by atoms with Crippen molar-refractivity contribution in [2.45, 2.75) is 64.6 Å². The highest BCUT2D eigenvalue weighted by molar-refractivity contribution is 5.70. The quantitative estimate of drug-likeness (QED) is 0.678. The molecule has 2 saturated heterocycles. The highest BCUT2D eigenvalue weighted by Gasteiger charge is 2.45. The fourth-order valence-corrected chi connectivity index (χ4v) is 4.20. The Morgan fingerprint density at radius 2 is 1.83 bits per heavy atom. The molecule has 158 valence electrons. The molecular formula is C22H26N4O4. The van der Waals surface area contributed by atoms with Crippen molar-refractivity contribution in [3.63, 3.8) is 0 Å². The van der Waals surface area contributed by atoms with Gasteiger partial charge in [-0.2, -0.15) is 0 Å². The number of nitrogens with zero attached hydrogens (tertiary/aromatic N) is 4. The van der Waals surface area contributed by atoms with Gasteiger partial charge in [0.25, 0.3) is 0 Å². The minimum atomic E-state index is -0.311. The van der Waals surface area contributed by atoms with Gasteiger partial charge in [0.05, 0.1) is 17.0 Å². The van der Waals surface area contributed by atoms with Crippen LogP contribution in [-0.4, -0.2) is 44.1 Å². The molecule has 0 spiro atoms. The van der Waals surface area contributed by atoms with Gasteiger partial charge in [-0.1, -0.05) is 6.58 Å². The first-order valence-electron chi connectivity index (χ1n) is 10.2. The van der Waals surface area contributed by atoms with Crippen molar-refractivity contribution in [1.82, 2.24) is 19.9 Å². The van der Waals surface area contributed by atoms with Crippen LogP contribution in [0.15, 0.2) is 37.0 Å². The summed E-state index contributed by atoms with van der Waals surface area (Å²) in [4.78, 5) is 27.0. The van der Waals surface area contributed by atoms with E-state index in [1.807, 2.05) is 30.9 Å². The number of carbonyl (C=O) groups excluding carboxylic acids is 1. The number of rotatable bonds is 5. The van der Waals surface area contributed by atoms with Crippen LogP contribution in [0.25, 0.3) is 0 Å². The number of allylic oxidation sites excluding steroid dienone is 1. The molecule has 2 atom stereocenters. The molecule has 0 N–H and O–H groups in total. The summed E-state index contributed by atoms with van der Waals surface area (Å²) in [5.41, 5.74) is 1.51. The van der Waals surface area contributed by atoms with Crippen LogP contribution in [0.3, 0.4) is 0 Å². The van der Waals surface area contributed by atoms with Crippen LogP contribution >= 0.6 is 0 Å². The summed E-state index contributed by atoms with van der Waals surface area (Å²) in [6, 6.07) is 3.88. The molecule has 30 heavy (non-hydrogen) atoms. The molecular weight excluding hydrogens is 384 g/mol. The number of ether oxygens (including phenoxy) is 3. The van der Waals surface area contributed by atoms with E-state index in [1.165, 1.54) is 6.33 Å². The van der Waals surface area contributed by atoms with Gasteiger partial charge in [0.1, 0.15) is 12.4 Å². The third-order valence-electron chi connectivity index (χ3n) is 5.60. The Morgan fingerprint density at radius 1 is 1.13 bits per heavy atom. The van der Waals surface area contributed by atoms with E-state index in [0.29, 0.717) is 23.3 Å². The van der Waals surface area contributed by atoms with Crippen LogP contribution in [0.5, 0.6) is 17.5 Å². The van der Waals surface area contributed by atoms with Gasteiger partial charge in [-0.3, -0.25) is 4.98 Å². The Balaban J connectivity index is 1.45. The zero-order valence-corrected chi connectivity index (χ0v) is 17.5. The predicted octanol–water partition coefficient (Wildman–Crippen LogP) is 4.33. The van der Waals surface area contributed by atoms with Gasteiger partial charge in [-0.25, -0.2) is 14.8 Å². The second-order valence-electron chi connectivity index (χ2n) is 7.87. The predicted molar refractivity (Wildman–Crippen MR) is 109 cm³/mol. The largest absolute Gasteiger partial charge is 0.474 e. The summed E-state index contributed by atoms with van der Waals surface area (Å²) >= 11 is 0. The summed E-state index contributed by atoms with van der Waals surface area (Å²) < 4.78 is 17.4. The third-order valence-corrected chi connectivity index (χ3v) is 5.60. The van der Waals surface area contributed by atoms with E-state index in [-0.39, 0.29) is 24.3 Å². The highest BCUT2D eigenvalue weighted by Crippen LogP contribution is 2.38. The third kappa shape index (κ3) is 4.08. The second-order valence-corrected chi connectivity index (χ2v) is 7.87. The fourth-order valence-electron chi connectivity index (χ4n) is 4.20. The summed E-state index contributed by atoms with van der Waals surface area (Å²) in [7, 11) is 0.